The number of hydrogen-bond donors (Lipinski definition) is 1. The highest BCUT2D eigenvalue weighted by Crippen LogP contribution is 2.29. The van der Waals surface area contributed by atoms with Crippen molar-refractivity contribution in [2.24, 2.45) is 17.8 Å². The molecule has 0 unspecified atom stereocenters. The molecule has 2 amide bonds. The van der Waals surface area contributed by atoms with E-state index >= 15 is 0 Å². The summed E-state index contributed by atoms with van der Waals surface area (Å²) in [4.78, 5) is 27.5. The van der Waals surface area contributed by atoms with Crippen LogP contribution in [0.25, 0.3) is 0 Å². The molecule has 3 heterocycles. The molecule has 1 saturated heterocycles. The van der Waals surface area contributed by atoms with Gasteiger partial charge in [0.2, 0.25) is 11.8 Å². The molecule has 2 atom stereocenters. The Morgan fingerprint density at radius 1 is 1.13 bits per heavy atom. The van der Waals surface area contributed by atoms with Gasteiger partial charge >= 0.3 is 0 Å². The summed E-state index contributed by atoms with van der Waals surface area (Å²) in [5.74, 6) is 2.69. The molecule has 0 aromatic carbocycles. The Balaban J connectivity index is 1.42. The van der Waals surface area contributed by atoms with Gasteiger partial charge in [-0.1, -0.05) is 26.7 Å². The number of carbonyl (C=O) groups is 2. The standard InChI is InChI=1S/C22H35N5O3/c1-15(2)20(23-22(29)17-8-12-30-14-17)21-25-24-18-7-9-26(10-11-27(18)21)19(28)13-16-5-3-4-6-16/h15-17,20H,3-14H2,1-2H3,(H,23,29)/t17-,20-/m0/s1. The Morgan fingerprint density at radius 2 is 1.93 bits per heavy atom. The smallest absolute Gasteiger partial charge is 0.226 e. The van der Waals surface area contributed by atoms with Crippen LogP contribution in [0.2, 0.25) is 0 Å². The van der Waals surface area contributed by atoms with Crippen LogP contribution in [0.15, 0.2) is 0 Å². The second-order valence-electron chi connectivity index (χ2n) is 9.40. The van der Waals surface area contributed by atoms with E-state index in [1.165, 1.54) is 25.7 Å². The van der Waals surface area contributed by atoms with E-state index in [0.29, 0.717) is 51.6 Å². The van der Waals surface area contributed by atoms with Crippen LogP contribution in [0, 0.1) is 17.8 Å². The lowest BCUT2D eigenvalue weighted by Gasteiger charge is -2.25. The average molecular weight is 418 g/mol. The molecule has 1 N–H and O–H groups in total. The summed E-state index contributed by atoms with van der Waals surface area (Å²) in [5, 5.41) is 12.1. The first-order valence-corrected chi connectivity index (χ1v) is 11.6. The second-order valence-corrected chi connectivity index (χ2v) is 9.40. The van der Waals surface area contributed by atoms with E-state index in [0.717, 1.165) is 18.1 Å². The van der Waals surface area contributed by atoms with E-state index in [9.17, 15) is 9.59 Å². The fourth-order valence-electron chi connectivity index (χ4n) is 4.96. The lowest BCUT2D eigenvalue weighted by Crippen LogP contribution is -2.38. The summed E-state index contributed by atoms with van der Waals surface area (Å²) in [6.45, 7) is 7.38. The van der Waals surface area contributed by atoms with Crippen LogP contribution in [0.4, 0.5) is 0 Å². The molecule has 1 aromatic rings. The molecule has 8 heteroatoms. The predicted molar refractivity (Wildman–Crippen MR) is 112 cm³/mol. The lowest BCUT2D eigenvalue weighted by atomic mass is 10.0. The van der Waals surface area contributed by atoms with Crippen LogP contribution in [-0.2, 0) is 27.3 Å². The van der Waals surface area contributed by atoms with Gasteiger partial charge in [-0.2, -0.15) is 0 Å². The zero-order chi connectivity index (χ0) is 21.1. The van der Waals surface area contributed by atoms with Crippen molar-refractivity contribution in [1.82, 2.24) is 25.0 Å². The third-order valence-corrected chi connectivity index (χ3v) is 6.89. The molecule has 1 aliphatic carbocycles. The van der Waals surface area contributed by atoms with Crippen LogP contribution < -0.4 is 5.32 Å². The molecule has 8 nitrogen and oxygen atoms in total. The minimum absolute atomic E-state index is 0.0329. The number of hydrogen-bond acceptors (Lipinski definition) is 5. The summed E-state index contributed by atoms with van der Waals surface area (Å²) in [5.41, 5.74) is 0. The Labute approximate surface area is 178 Å². The van der Waals surface area contributed by atoms with Gasteiger partial charge in [0.05, 0.1) is 18.6 Å². The Kier molecular flexibility index (Phi) is 6.71. The van der Waals surface area contributed by atoms with Crippen molar-refractivity contribution in [2.45, 2.75) is 71.4 Å². The van der Waals surface area contributed by atoms with Gasteiger partial charge in [0.15, 0.2) is 5.82 Å². The second kappa shape index (κ2) is 9.45. The fraction of sp³-hybridized carbons (Fsp3) is 0.818. The Hall–Kier alpha value is -1.96. The first-order chi connectivity index (χ1) is 14.5. The molecule has 166 valence electrons. The highest BCUT2D eigenvalue weighted by atomic mass is 16.5. The van der Waals surface area contributed by atoms with E-state index in [2.05, 4.69) is 33.9 Å². The third-order valence-electron chi connectivity index (χ3n) is 6.89. The number of amides is 2. The minimum Gasteiger partial charge on any atom is -0.381 e. The SMILES string of the molecule is CC(C)[C@H](NC(=O)[C@H]1CCOC1)c1nnc2n1CCN(C(=O)CC1CCCC1)CC2. The molecule has 0 spiro atoms. The van der Waals surface area contributed by atoms with E-state index in [4.69, 9.17) is 4.74 Å². The van der Waals surface area contributed by atoms with Gasteiger partial charge in [-0.25, -0.2) is 0 Å². The molecular formula is C22H35N5O3. The van der Waals surface area contributed by atoms with Crippen LogP contribution in [-0.4, -0.2) is 57.8 Å². The number of ether oxygens (including phenoxy) is 1. The average Bonchev–Trinajstić information content (AvgIpc) is 3.47. The van der Waals surface area contributed by atoms with Gasteiger partial charge in [-0.3, -0.25) is 9.59 Å². The predicted octanol–water partition coefficient (Wildman–Crippen LogP) is 2.09. The van der Waals surface area contributed by atoms with E-state index < -0.39 is 0 Å². The third kappa shape index (κ3) is 4.68. The normalized spacial score (nSPS) is 23.4. The maximum atomic E-state index is 12.8. The van der Waals surface area contributed by atoms with Gasteiger partial charge in [0, 0.05) is 39.1 Å². The monoisotopic (exact) mass is 417 g/mol. The number of nitrogens with zero attached hydrogens (tertiary/aromatic N) is 4. The van der Waals surface area contributed by atoms with Gasteiger partial charge in [-0.15, -0.1) is 10.2 Å². The minimum atomic E-state index is -0.194. The number of fused-ring (bicyclic) bond motifs is 1. The van der Waals surface area contributed by atoms with Crippen molar-refractivity contribution < 1.29 is 14.3 Å². The molecule has 2 fully saturated rings. The Morgan fingerprint density at radius 3 is 2.63 bits per heavy atom. The van der Waals surface area contributed by atoms with Gasteiger partial charge < -0.3 is 19.5 Å². The summed E-state index contributed by atoms with van der Waals surface area (Å²) >= 11 is 0. The topological polar surface area (TPSA) is 89.3 Å². The molecule has 4 rings (SSSR count). The van der Waals surface area contributed by atoms with Crippen molar-refractivity contribution in [3.8, 4) is 0 Å². The number of nitrogens with one attached hydrogen (secondary N) is 1. The largest absolute Gasteiger partial charge is 0.381 e. The van der Waals surface area contributed by atoms with Crippen LogP contribution in [0.1, 0.15) is 70.1 Å². The van der Waals surface area contributed by atoms with Crippen LogP contribution >= 0.6 is 0 Å². The molecular weight excluding hydrogens is 382 g/mol. The zero-order valence-corrected chi connectivity index (χ0v) is 18.3. The summed E-state index contributed by atoms with van der Waals surface area (Å²) in [7, 11) is 0. The molecule has 2 aliphatic heterocycles. The van der Waals surface area contributed by atoms with Crippen molar-refractivity contribution >= 4 is 11.8 Å². The van der Waals surface area contributed by atoms with Gasteiger partial charge in [-0.05, 0) is 31.1 Å². The molecule has 3 aliphatic rings. The van der Waals surface area contributed by atoms with E-state index in [-0.39, 0.29) is 29.7 Å². The Bertz CT molecular complexity index is 750. The highest BCUT2D eigenvalue weighted by Gasteiger charge is 2.32. The quantitative estimate of drug-likeness (QED) is 0.766. The molecule has 0 radical (unpaired) electrons. The van der Waals surface area contributed by atoms with Crippen molar-refractivity contribution in [1.29, 1.82) is 0 Å². The zero-order valence-electron chi connectivity index (χ0n) is 18.3. The van der Waals surface area contributed by atoms with E-state index in [1.54, 1.807) is 0 Å². The van der Waals surface area contributed by atoms with E-state index in [1.807, 2.05) is 4.90 Å². The van der Waals surface area contributed by atoms with Crippen molar-refractivity contribution in [3.05, 3.63) is 11.6 Å². The summed E-state index contributed by atoms with van der Waals surface area (Å²) < 4.78 is 7.49. The highest BCUT2D eigenvalue weighted by molar-refractivity contribution is 5.79. The maximum Gasteiger partial charge on any atom is 0.226 e. The molecule has 30 heavy (non-hydrogen) atoms. The number of carbonyl (C=O) groups excluding carboxylic acids is 2. The molecule has 1 saturated carbocycles. The van der Waals surface area contributed by atoms with Gasteiger partial charge in [0.1, 0.15) is 5.82 Å². The number of aromatic nitrogens is 3. The van der Waals surface area contributed by atoms with Crippen LogP contribution in [0.5, 0.6) is 0 Å². The first kappa shape index (κ1) is 21.3. The lowest BCUT2D eigenvalue weighted by molar-refractivity contribution is -0.132. The van der Waals surface area contributed by atoms with Crippen molar-refractivity contribution in [3.63, 3.8) is 0 Å². The van der Waals surface area contributed by atoms with Crippen LogP contribution in [0.3, 0.4) is 0 Å². The fourth-order valence-corrected chi connectivity index (χ4v) is 4.96. The maximum absolute atomic E-state index is 12.8. The molecule has 0 bridgehead atoms. The first-order valence-electron chi connectivity index (χ1n) is 11.6. The van der Waals surface area contributed by atoms with Crippen molar-refractivity contribution in [2.75, 3.05) is 26.3 Å². The molecule has 1 aromatic heterocycles. The summed E-state index contributed by atoms with van der Waals surface area (Å²) in [6, 6.07) is -0.194. The van der Waals surface area contributed by atoms with Gasteiger partial charge in [0.25, 0.3) is 0 Å². The summed E-state index contributed by atoms with van der Waals surface area (Å²) in [6.07, 6.45) is 7.07. The number of rotatable bonds is 6.